The molecule has 0 radical (unpaired) electrons. The van der Waals surface area contributed by atoms with Gasteiger partial charge in [-0.3, -0.25) is 4.79 Å². The minimum Gasteiger partial charge on any atom is -0.387 e. The maximum Gasteiger partial charge on any atom is 0.228 e. The van der Waals surface area contributed by atoms with Crippen LogP contribution < -0.4 is 10.2 Å². The Hall–Kier alpha value is -0.810. The second-order valence-corrected chi connectivity index (χ2v) is 4.29. The largest absolute Gasteiger partial charge is 0.387 e. The van der Waals surface area contributed by atoms with Crippen molar-refractivity contribution in [2.75, 3.05) is 11.9 Å². The van der Waals surface area contributed by atoms with E-state index in [9.17, 15) is 9.90 Å². The molecule has 0 saturated carbocycles. The number of fused-ring (bicyclic) bond motifs is 1. The molecule has 0 aliphatic carbocycles. The Morgan fingerprint density at radius 1 is 1.56 bits per heavy atom. The molecule has 1 aliphatic rings. The first-order chi connectivity index (χ1) is 7.61. The molecule has 1 amide bonds. The zero-order valence-corrected chi connectivity index (χ0v) is 9.77. The van der Waals surface area contributed by atoms with Gasteiger partial charge in [0, 0.05) is 6.54 Å². The summed E-state index contributed by atoms with van der Waals surface area (Å²) in [6.45, 7) is 0.220. The van der Waals surface area contributed by atoms with Gasteiger partial charge in [-0.15, -0.1) is 0 Å². The van der Waals surface area contributed by atoms with Crippen molar-refractivity contribution < 1.29 is 9.90 Å². The number of carbonyl (C=O) groups is 1. The topological polar surface area (TPSA) is 61.4 Å². The maximum absolute atomic E-state index is 11.2. The lowest BCUT2D eigenvalue weighted by molar-refractivity contribution is -0.115. The van der Waals surface area contributed by atoms with Gasteiger partial charge in [-0.2, -0.15) is 0 Å². The van der Waals surface area contributed by atoms with Gasteiger partial charge in [0.1, 0.15) is 0 Å². The van der Waals surface area contributed by atoms with Gasteiger partial charge in [0.25, 0.3) is 0 Å². The molecule has 2 rings (SSSR count). The monoisotopic (exact) mass is 260 g/mol. The van der Waals surface area contributed by atoms with Gasteiger partial charge in [0.2, 0.25) is 5.91 Å². The molecule has 6 heteroatoms. The molecule has 86 valence electrons. The van der Waals surface area contributed by atoms with Crippen molar-refractivity contribution in [1.82, 2.24) is 4.84 Å². The van der Waals surface area contributed by atoms with Crippen LogP contribution in [-0.2, 0) is 11.2 Å². The Kier molecular flexibility index (Phi) is 3.35. The van der Waals surface area contributed by atoms with Gasteiger partial charge in [-0.05, 0) is 29.0 Å². The van der Waals surface area contributed by atoms with E-state index in [0.29, 0.717) is 22.7 Å². The first kappa shape index (κ1) is 11.7. The minimum atomic E-state index is -0.740. The predicted molar refractivity (Wildman–Crippen MR) is 62.6 cm³/mol. The number of anilines is 1. The summed E-state index contributed by atoms with van der Waals surface area (Å²) in [4.78, 5) is 13.6. The summed E-state index contributed by atoms with van der Waals surface area (Å²) < 4.78 is 0. The summed E-state index contributed by atoms with van der Waals surface area (Å²) in [5, 5.41) is 12.8. The molecule has 0 fully saturated rings. The Morgan fingerprint density at radius 2 is 2.31 bits per heavy atom. The van der Waals surface area contributed by atoms with E-state index >= 15 is 0 Å². The SMILES string of the molecule is O=C1Cc2cc(C(O)CNCl)cc(Cl)c2N1. The highest BCUT2D eigenvalue weighted by Gasteiger charge is 2.22. The van der Waals surface area contributed by atoms with Crippen LogP contribution in [0, 0.1) is 0 Å². The smallest absolute Gasteiger partial charge is 0.228 e. The fraction of sp³-hybridized carbons (Fsp3) is 0.300. The van der Waals surface area contributed by atoms with Crippen molar-refractivity contribution in [1.29, 1.82) is 0 Å². The average Bonchev–Trinajstić information content (AvgIpc) is 2.59. The summed E-state index contributed by atoms with van der Waals surface area (Å²) in [7, 11) is 0. The lowest BCUT2D eigenvalue weighted by Gasteiger charge is -2.12. The summed E-state index contributed by atoms with van der Waals surface area (Å²) in [5.74, 6) is -0.0843. The quantitative estimate of drug-likeness (QED) is 0.724. The molecular weight excluding hydrogens is 251 g/mol. The molecule has 0 spiro atoms. The van der Waals surface area contributed by atoms with Gasteiger partial charge in [0.15, 0.2) is 0 Å². The Balaban J connectivity index is 2.34. The molecule has 1 aromatic carbocycles. The molecule has 0 bridgehead atoms. The van der Waals surface area contributed by atoms with Crippen LogP contribution in [0.2, 0.25) is 5.02 Å². The normalized spacial score (nSPS) is 15.8. The number of hydrogen-bond acceptors (Lipinski definition) is 3. The molecule has 1 aromatic rings. The number of hydrogen-bond donors (Lipinski definition) is 3. The van der Waals surface area contributed by atoms with Crippen LogP contribution >= 0.6 is 23.4 Å². The van der Waals surface area contributed by atoms with E-state index in [0.717, 1.165) is 5.56 Å². The second kappa shape index (κ2) is 4.59. The molecule has 1 heterocycles. The predicted octanol–water partition coefficient (Wildman–Crippen LogP) is 1.61. The third kappa shape index (κ3) is 2.15. The van der Waals surface area contributed by atoms with Crippen LogP contribution in [0.15, 0.2) is 12.1 Å². The molecule has 0 saturated heterocycles. The summed E-state index contributed by atoms with van der Waals surface area (Å²) in [5.41, 5.74) is 2.09. The van der Waals surface area contributed by atoms with E-state index < -0.39 is 6.10 Å². The number of amides is 1. The highest BCUT2D eigenvalue weighted by Crippen LogP contribution is 2.34. The molecular formula is C10H10Cl2N2O2. The Morgan fingerprint density at radius 3 is 3.00 bits per heavy atom. The van der Waals surface area contributed by atoms with Crippen molar-refractivity contribution in [3.63, 3.8) is 0 Å². The van der Waals surface area contributed by atoms with Gasteiger partial charge in [-0.25, -0.2) is 4.84 Å². The van der Waals surface area contributed by atoms with Crippen molar-refractivity contribution in [3.05, 3.63) is 28.3 Å². The maximum atomic E-state index is 11.2. The van der Waals surface area contributed by atoms with Crippen LogP contribution in [0.1, 0.15) is 17.2 Å². The number of aliphatic hydroxyl groups excluding tert-OH is 1. The fourth-order valence-electron chi connectivity index (χ4n) is 1.71. The van der Waals surface area contributed by atoms with E-state index in [1.54, 1.807) is 12.1 Å². The standard InChI is InChI=1S/C10H10Cl2N2O2/c11-7-2-5(8(15)4-13-12)1-6-3-9(16)14-10(6)7/h1-2,8,13,15H,3-4H2,(H,14,16). The van der Waals surface area contributed by atoms with E-state index in [1.165, 1.54) is 0 Å². The Labute approximate surface area is 103 Å². The van der Waals surface area contributed by atoms with Crippen molar-refractivity contribution in [2.45, 2.75) is 12.5 Å². The lowest BCUT2D eigenvalue weighted by Crippen LogP contribution is -2.12. The summed E-state index contributed by atoms with van der Waals surface area (Å²) >= 11 is 11.3. The Bertz CT molecular complexity index is 437. The van der Waals surface area contributed by atoms with Gasteiger partial charge < -0.3 is 10.4 Å². The van der Waals surface area contributed by atoms with Crippen molar-refractivity contribution in [3.8, 4) is 0 Å². The number of halogens is 2. The van der Waals surface area contributed by atoms with E-state index in [1.807, 2.05) is 0 Å². The molecule has 3 N–H and O–H groups in total. The zero-order chi connectivity index (χ0) is 11.7. The highest BCUT2D eigenvalue weighted by molar-refractivity contribution is 6.34. The van der Waals surface area contributed by atoms with Crippen molar-refractivity contribution >= 4 is 35.0 Å². The second-order valence-electron chi connectivity index (χ2n) is 3.62. The van der Waals surface area contributed by atoms with Gasteiger partial charge in [-0.1, -0.05) is 17.7 Å². The number of nitrogens with one attached hydrogen (secondary N) is 2. The number of aliphatic hydroxyl groups is 1. The summed E-state index contributed by atoms with van der Waals surface area (Å²) in [6, 6.07) is 3.39. The van der Waals surface area contributed by atoms with Crippen molar-refractivity contribution in [2.24, 2.45) is 0 Å². The lowest BCUT2D eigenvalue weighted by atomic mass is 10.0. The molecule has 1 aliphatic heterocycles. The van der Waals surface area contributed by atoms with Crippen LogP contribution in [0.5, 0.6) is 0 Å². The van der Waals surface area contributed by atoms with E-state index in [-0.39, 0.29) is 12.5 Å². The fourth-order valence-corrected chi connectivity index (χ4v) is 2.15. The van der Waals surface area contributed by atoms with Crippen LogP contribution in [-0.4, -0.2) is 17.6 Å². The average molecular weight is 261 g/mol. The molecule has 1 unspecified atom stereocenters. The molecule has 1 atom stereocenters. The molecule has 0 aromatic heterocycles. The molecule has 16 heavy (non-hydrogen) atoms. The van der Waals surface area contributed by atoms with Gasteiger partial charge in [0.05, 0.1) is 23.2 Å². The van der Waals surface area contributed by atoms with Gasteiger partial charge >= 0.3 is 0 Å². The number of rotatable bonds is 3. The highest BCUT2D eigenvalue weighted by atomic mass is 35.5. The zero-order valence-electron chi connectivity index (χ0n) is 8.26. The van der Waals surface area contributed by atoms with Crippen LogP contribution in [0.25, 0.3) is 0 Å². The van der Waals surface area contributed by atoms with Crippen LogP contribution in [0.4, 0.5) is 5.69 Å². The summed E-state index contributed by atoms with van der Waals surface area (Å²) in [6.07, 6.45) is -0.444. The first-order valence-electron chi connectivity index (χ1n) is 4.75. The minimum absolute atomic E-state index is 0.0843. The number of carbonyl (C=O) groups excluding carboxylic acids is 1. The first-order valence-corrected chi connectivity index (χ1v) is 5.51. The third-order valence-corrected chi connectivity index (χ3v) is 2.92. The van der Waals surface area contributed by atoms with E-state index in [4.69, 9.17) is 23.4 Å². The van der Waals surface area contributed by atoms with Crippen LogP contribution in [0.3, 0.4) is 0 Å². The molecule has 4 nitrogen and oxygen atoms in total. The van der Waals surface area contributed by atoms with E-state index in [2.05, 4.69) is 10.2 Å². The third-order valence-electron chi connectivity index (χ3n) is 2.46. The number of benzene rings is 1.